The van der Waals surface area contributed by atoms with Crippen LogP contribution in [0.1, 0.15) is 23.2 Å². The topological polar surface area (TPSA) is 81.3 Å². The summed E-state index contributed by atoms with van der Waals surface area (Å²) in [4.78, 5) is 14.9. The number of piperidine rings is 1. The van der Waals surface area contributed by atoms with Gasteiger partial charge >= 0.3 is 0 Å². The second-order valence-corrected chi connectivity index (χ2v) is 6.36. The highest BCUT2D eigenvalue weighted by Crippen LogP contribution is 2.29. The summed E-state index contributed by atoms with van der Waals surface area (Å²) in [6.07, 6.45) is 2.98. The normalized spacial score (nSPS) is 15.5. The summed E-state index contributed by atoms with van der Waals surface area (Å²) in [5, 5.41) is 20.5. The zero-order valence-corrected chi connectivity index (χ0v) is 13.8. The average Bonchev–Trinajstić information content (AvgIpc) is 3.11. The van der Waals surface area contributed by atoms with Crippen molar-refractivity contribution in [1.29, 1.82) is 0 Å². The number of carbonyl (C=O) groups excluding carboxylic acids is 1. The number of anilines is 2. The van der Waals surface area contributed by atoms with E-state index in [0.717, 1.165) is 48.2 Å². The molecule has 1 aromatic heterocycles. The van der Waals surface area contributed by atoms with Crippen LogP contribution in [-0.2, 0) is 0 Å². The molecule has 6 heteroatoms. The molecule has 1 fully saturated rings. The van der Waals surface area contributed by atoms with Crippen LogP contribution in [0.5, 0.6) is 0 Å². The third-order valence-electron chi connectivity index (χ3n) is 4.66. The molecular weight excluding hydrogens is 316 g/mol. The van der Waals surface area contributed by atoms with Crippen LogP contribution < -0.4 is 10.2 Å². The third kappa shape index (κ3) is 3.21. The number of hydrogen-bond acceptors (Lipinski definition) is 4. The first-order valence-corrected chi connectivity index (χ1v) is 8.47. The molecular formula is C19H20N4O2. The smallest absolute Gasteiger partial charge is 0.255 e. The number of benzene rings is 2. The Hall–Kier alpha value is -2.86. The van der Waals surface area contributed by atoms with Gasteiger partial charge in [0.2, 0.25) is 0 Å². The fraction of sp³-hybridized carbons (Fsp3) is 0.263. The minimum Gasteiger partial charge on any atom is -0.393 e. The van der Waals surface area contributed by atoms with Crippen molar-refractivity contribution in [3.63, 3.8) is 0 Å². The Bertz CT molecular complexity index is 897. The maximum atomic E-state index is 12.7. The Morgan fingerprint density at radius 3 is 2.84 bits per heavy atom. The van der Waals surface area contributed by atoms with Gasteiger partial charge in [-0.3, -0.25) is 9.89 Å². The fourth-order valence-electron chi connectivity index (χ4n) is 3.24. The van der Waals surface area contributed by atoms with Crippen molar-refractivity contribution in [3.05, 3.63) is 54.2 Å². The number of hydrogen-bond donors (Lipinski definition) is 3. The molecule has 1 aliphatic rings. The summed E-state index contributed by atoms with van der Waals surface area (Å²) in [7, 11) is 0. The van der Waals surface area contributed by atoms with Crippen molar-refractivity contribution >= 4 is 28.2 Å². The minimum atomic E-state index is -0.223. The number of amides is 1. The second-order valence-electron chi connectivity index (χ2n) is 6.36. The summed E-state index contributed by atoms with van der Waals surface area (Å²) in [6, 6.07) is 13.3. The molecule has 0 saturated carbocycles. The van der Waals surface area contributed by atoms with Gasteiger partial charge in [-0.2, -0.15) is 5.10 Å². The molecule has 1 aliphatic heterocycles. The molecule has 4 rings (SSSR count). The van der Waals surface area contributed by atoms with Gasteiger partial charge in [-0.05, 0) is 43.2 Å². The Balaban J connectivity index is 1.56. The lowest BCUT2D eigenvalue weighted by Gasteiger charge is -2.32. The predicted molar refractivity (Wildman–Crippen MR) is 97.9 cm³/mol. The number of aliphatic hydroxyl groups is 1. The van der Waals surface area contributed by atoms with Crippen LogP contribution in [0.4, 0.5) is 11.4 Å². The molecule has 25 heavy (non-hydrogen) atoms. The lowest BCUT2D eigenvalue weighted by molar-refractivity contribution is 0.102. The molecule has 0 radical (unpaired) electrons. The van der Waals surface area contributed by atoms with Crippen LogP contribution in [0.3, 0.4) is 0 Å². The van der Waals surface area contributed by atoms with Gasteiger partial charge in [0, 0.05) is 24.0 Å². The van der Waals surface area contributed by atoms with Crippen molar-refractivity contribution in [3.8, 4) is 0 Å². The zero-order chi connectivity index (χ0) is 17.2. The van der Waals surface area contributed by atoms with Gasteiger partial charge in [0.1, 0.15) is 0 Å². The first-order chi connectivity index (χ1) is 12.2. The van der Waals surface area contributed by atoms with E-state index in [1.807, 2.05) is 36.4 Å². The number of aromatic nitrogens is 2. The van der Waals surface area contributed by atoms with Crippen molar-refractivity contribution in [2.45, 2.75) is 18.9 Å². The summed E-state index contributed by atoms with van der Waals surface area (Å²) in [5.41, 5.74) is 3.28. The summed E-state index contributed by atoms with van der Waals surface area (Å²) < 4.78 is 0. The molecule has 6 nitrogen and oxygen atoms in total. The number of aromatic amines is 1. The SMILES string of the molecule is O=C(Nc1ccccc1N1CCC(O)CC1)c1ccc2[nH]ncc2c1. The molecule has 1 saturated heterocycles. The van der Waals surface area contributed by atoms with Gasteiger partial charge in [0.15, 0.2) is 0 Å². The van der Waals surface area contributed by atoms with Gasteiger partial charge in [-0.1, -0.05) is 12.1 Å². The highest BCUT2D eigenvalue weighted by Gasteiger charge is 2.20. The molecule has 0 atom stereocenters. The van der Waals surface area contributed by atoms with E-state index in [-0.39, 0.29) is 12.0 Å². The van der Waals surface area contributed by atoms with E-state index in [0.29, 0.717) is 5.56 Å². The number of para-hydroxylation sites is 2. The molecule has 0 spiro atoms. The Morgan fingerprint density at radius 2 is 2.00 bits per heavy atom. The van der Waals surface area contributed by atoms with Gasteiger partial charge in [0.05, 0.1) is 29.2 Å². The van der Waals surface area contributed by atoms with Crippen LogP contribution in [0.25, 0.3) is 10.9 Å². The van der Waals surface area contributed by atoms with Crippen LogP contribution in [0.15, 0.2) is 48.7 Å². The quantitative estimate of drug-likeness (QED) is 0.687. The van der Waals surface area contributed by atoms with E-state index in [4.69, 9.17) is 0 Å². The first-order valence-electron chi connectivity index (χ1n) is 8.47. The van der Waals surface area contributed by atoms with E-state index in [2.05, 4.69) is 20.4 Å². The number of H-pyrrole nitrogens is 1. The van der Waals surface area contributed by atoms with Gasteiger partial charge in [-0.25, -0.2) is 0 Å². The monoisotopic (exact) mass is 336 g/mol. The lowest BCUT2D eigenvalue weighted by atomic mass is 10.1. The number of aliphatic hydroxyl groups excluding tert-OH is 1. The van der Waals surface area contributed by atoms with Crippen LogP contribution >= 0.6 is 0 Å². The zero-order valence-electron chi connectivity index (χ0n) is 13.8. The van der Waals surface area contributed by atoms with E-state index in [9.17, 15) is 9.90 Å². The fourth-order valence-corrected chi connectivity index (χ4v) is 3.24. The van der Waals surface area contributed by atoms with E-state index < -0.39 is 0 Å². The van der Waals surface area contributed by atoms with Crippen LogP contribution in [0, 0.1) is 0 Å². The van der Waals surface area contributed by atoms with Gasteiger partial charge < -0.3 is 15.3 Å². The molecule has 1 amide bonds. The number of rotatable bonds is 3. The Morgan fingerprint density at radius 1 is 1.20 bits per heavy atom. The molecule has 0 aliphatic carbocycles. The van der Waals surface area contributed by atoms with Crippen molar-refractivity contribution in [1.82, 2.24) is 10.2 Å². The molecule has 0 bridgehead atoms. The molecule has 3 aromatic rings. The third-order valence-corrected chi connectivity index (χ3v) is 4.66. The highest BCUT2D eigenvalue weighted by atomic mass is 16.3. The number of fused-ring (bicyclic) bond motifs is 1. The molecule has 128 valence electrons. The lowest BCUT2D eigenvalue weighted by Crippen LogP contribution is -2.36. The van der Waals surface area contributed by atoms with E-state index in [1.165, 1.54) is 0 Å². The van der Waals surface area contributed by atoms with Crippen LogP contribution in [-0.4, -0.2) is 40.4 Å². The van der Waals surface area contributed by atoms with E-state index in [1.54, 1.807) is 12.3 Å². The molecule has 2 heterocycles. The first kappa shape index (κ1) is 15.7. The number of carbonyl (C=O) groups is 1. The van der Waals surface area contributed by atoms with Gasteiger partial charge in [0.25, 0.3) is 5.91 Å². The Kier molecular flexibility index (Phi) is 4.11. The highest BCUT2D eigenvalue weighted by molar-refractivity contribution is 6.07. The largest absolute Gasteiger partial charge is 0.393 e. The average molecular weight is 336 g/mol. The standard InChI is InChI=1S/C19H20N4O2/c24-15-7-9-23(10-8-15)18-4-2-1-3-17(18)21-19(25)13-5-6-16-14(11-13)12-20-22-16/h1-6,11-12,15,24H,7-10H2,(H,20,22)(H,21,25). The van der Waals surface area contributed by atoms with Crippen molar-refractivity contribution < 1.29 is 9.90 Å². The molecule has 3 N–H and O–H groups in total. The number of nitrogens with one attached hydrogen (secondary N) is 2. The maximum Gasteiger partial charge on any atom is 0.255 e. The van der Waals surface area contributed by atoms with E-state index >= 15 is 0 Å². The summed E-state index contributed by atoms with van der Waals surface area (Å²) >= 11 is 0. The van der Waals surface area contributed by atoms with Crippen molar-refractivity contribution in [2.75, 3.05) is 23.3 Å². The predicted octanol–water partition coefficient (Wildman–Crippen LogP) is 2.78. The number of nitrogens with zero attached hydrogens (tertiary/aromatic N) is 2. The molecule has 2 aromatic carbocycles. The summed E-state index contributed by atoms with van der Waals surface area (Å²) in [5.74, 6) is -0.146. The maximum absolute atomic E-state index is 12.7. The van der Waals surface area contributed by atoms with Crippen molar-refractivity contribution in [2.24, 2.45) is 0 Å². The minimum absolute atomic E-state index is 0.146. The Labute approximate surface area is 145 Å². The van der Waals surface area contributed by atoms with Crippen LogP contribution in [0.2, 0.25) is 0 Å². The molecule has 0 unspecified atom stereocenters. The second kappa shape index (κ2) is 6.57. The van der Waals surface area contributed by atoms with Gasteiger partial charge in [-0.15, -0.1) is 0 Å². The summed E-state index contributed by atoms with van der Waals surface area (Å²) in [6.45, 7) is 1.57.